The van der Waals surface area contributed by atoms with Gasteiger partial charge in [-0.05, 0) is 64.3 Å². The van der Waals surface area contributed by atoms with Crippen molar-refractivity contribution in [2.24, 2.45) is 0 Å². The molecule has 0 heterocycles. The molecule has 28 heavy (non-hydrogen) atoms. The van der Waals surface area contributed by atoms with E-state index in [0.717, 1.165) is 11.1 Å². The first-order chi connectivity index (χ1) is 13.3. The van der Waals surface area contributed by atoms with Gasteiger partial charge in [-0.2, -0.15) is 0 Å². The van der Waals surface area contributed by atoms with Crippen LogP contribution in [-0.4, -0.2) is 38.0 Å². The number of benzene rings is 2. The van der Waals surface area contributed by atoms with Crippen molar-refractivity contribution >= 4 is 0 Å². The van der Waals surface area contributed by atoms with E-state index >= 15 is 0 Å². The van der Waals surface area contributed by atoms with Gasteiger partial charge in [0, 0.05) is 0 Å². The zero-order valence-electron chi connectivity index (χ0n) is 18.2. The largest absolute Gasteiger partial charge is 0.298 e. The first-order valence-corrected chi connectivity index (χ1v) is 9.49. The number of nitrogens with zero attached hydrogens (tertiary/aromatic N) is 2. The Balaban J connectivity index is 0.000000280. The molecule has 2 rings (SSSR count). The monoisotopic (exact) mass is 374 g/mol. The Hall–Kier alpha value is -2.60. The fourth-order valence-electron chi connectivity index (χ4n) is 3.33. The Labute approximate surface area is 171 Å². The summed E-state index contributed by atoms with van der Waals surface area (Å²) in [5.74, 6) is 0. The molecular weight excluding hydrogens is 340 g/mol. The standard InChI is InChI=1S/2C13H17N/c2*1-5-11(2)13(14(3)4)12-9-7-6-8-10-12/h2*6-10,13H,1H2,2-4H3. The van der Waals surface area contributed by atoms with Crippen molar-refractivity contribution in [2.75, 3.05) is 28.2 Å². The molecule has 2 unspecified atom stereocenters. The van der Waals surface area contributed by atoms with Crippen LogP contribution in [0.2, 0.25) is 0 Å². The van der Waals surface area contributed by atoms with Crippen molar-refractivity contribution in [3.05, 3.63) is 108 Å². The fourth-order valence-corrected chi connectivity index (χ4v) is 3.33. The van der Waals surface area contributed by atoms with Crippen LogP contribution in [0.5, 0.6) is 0 Å². The van der Waals surface area contributed by atoms with Gasteiger partial charge < -0.3 is 0 Å². The van der Waals surface area contributed by atoms with Gasteiger partial charge in [-0.15, -0.1) is 11.5 Å². The summed E-state index contributed by atoms with van der Waals surface area (Å²) in [4.78, 5) is 4.34. The first-order valence-electron chi connectivity index (χ1n) is 9.49. The van der Waals surface area contributed by atoms with E-state index in [1.807, 2.05) is 12.1 Å². The molecule has 0 fully saturated rings. The van der Waals surface area contributed by atoms with Crippen molar-refractivity contribution in [2.45, 2.75) is 25.9 Å². The van der Waals surface area contributed by atoms with E-state index in [2.05, 4.69) is 125 Å². The van der Waals surface area contributed by atoms with Crippen molar-refractivity contribution in [3.63, 3.8) is 0 Å². The van der Waals surface area contributed by atoms with E-state index in [0.29, 0.717) is 0 Å². The summed E-state index contributed by atoms with van der Waals surface area (Å²) >= 11 is 0. The average Bonchev–Trinajstić information content (AvgIpc) is 2.69. The maximum Gasteiger partial charge on any atom is 0.0628 e. The summed E-state index contributed by atoms with van der Waals surface area (Å²) < 4.78 is 0. The smallest absolute Gasteiger partial charge is 0.0628 e. The highest BCUT2D eigenvalue weighted by atomic mass is 15.1. The maximum atomic E-state index is 3.70. The maximum absolute atomic E-state index is 3.70. The SMILES string of the molecule is C=C=C(C)C(c1ccccc1)N(C)C.C=C=C(C)C(c1ccccc1)N(C)C. The van der Waals surface area contributed by atoms with Gasteiger partial charge in [-0.25, -0.2) is 0 Å². The molecule has 0 saturated carbocycles. The summed E-state index contributed by atoms with van der Waals surface area (Å²) in [6.07, 6.45) is 0. The molecule has 0 aliphatic carbocycles. The summed E-state index contributed by atoms with van der Waals surface area (Å²) in [5.41, 5.74) is 10.8. The van der Waals surface area contributed by atoms with E-state index in [-0.39, 0.29) is 12.1 Å². The number of hydrogen-bond donors (Lipinski definition) is 0. The van der Waals surface area contributed by atoms with Crippen molar-refractivity contribution < 1.29 is 0 Å². The Kier molecular flexibility index (Phi) is 10.0. The average molecular weight is 375 g/mol. The van der Waals surface area contributed by atoms with Crippen molar-refractivity contribution in [1.82, 2.24) is 9.80 Å². The predicted molar refractivity (Wildman–Crippen MR) is 122 cm³/mol. The normalized spacial score (nSPS) is 12.3. The van der Waals surface area contributed by atoms with Gasteiger partial charge >= 0.3 is 0 Å². The van der Waals surface area contributed by atoms with E-state index in [1.54, 1.807) is 0 Å². The molecule has 0 spiro atoms. The molecule has 0 bridgehead atoms. The van der Waals surface area contributed by atoms with Crippen LogP contribution in [0.4, 0.5) is 0 Å². The van der Waals surface area contributed by atoms with Crippen LogP contribution in [0.15, 0.2) is 96.4 Å². The van der Waals surface area contributed by atoms with Gasteiger partial charge in [-0.3, -0.25) is 9.80 Å². The van der Waals surface area contributed by atoms with Gasteiger partial charge in [0.25, 0.3) is 0 Å². The molecule has 2 heteroatoms. The molecule has 2 nitrogen and oxygen atoms in total. The molecule has 0 N–H and O–H groups in total. The third-order valence-electron chi connectivity index (χ3n) is 4.64. The second-order valence-electron chi connectivity index (χ2n) is 7.27. The lowest BCUT2D eigenvalue weighted by molar-refractivity contribution is 0.337. The summed E-state index contributed by atoms with van der Waals surface area (Å²) in [6, 6.07) is 21.4. The molecule has 0 radical (unpaired) electrons. The predicted octanol–water partition coefficient (Wildman–Crippen LogP) is 6.04. The Morgan fingerprint density at radius 3 is 1.14 bits per heavy atom. The van der Waals surface area contributed by atoms with Gasteiger partial charge in [0.15, 0.2) is 0 Å². The highest BCUT2D eigenvalue weighted by Gasteiger charge is 2.15. The van der Waals surface area contributed by atoms with Crippen LogP contribution in [0.3, 0.4) is 0 Å². The van der Waals surface area contributed by atoms with Crippen LogP contribution in [0.1, 0.15) is 37.1 Å². The Bertz CT molecular complexity index is 735. The summed E-state index contributed by atoms with van der Waals surface area (Å²) in [7, 11) is 8.27. The molecule has 0 aliphatic rings. The van der Waals surface area contributed by atoms with Gasteiger partial charge in [0.05, 0.1) is 12.1 Å². The number of likely N-dealkylation sites (N-methyl/N-ethyl adjacent to an activating group) is 2. The van der Waals surface area contributed by atoms with E-state index in [4.69, 9.17) is 0 Å². The van der Waals surface area contributed by atoms with Gasteiger partial charge in [0.1, 0.15) is 0 Å². The third kappa shape index (κ3) is 6.85. The third-order valence-corrected chi connectivity index (χ3v) is 4.64. The van der Waals surface area contributed by atoms with Crippen LogP contribution in [0.25, 0.3) is 0 Å². The fraction of sp³-hybridized carbons (Fsp3) is 0.308. The Morgan fingerprint density at radius 2 is 0.929 bits per heavy atom. The molecular formula is C26H34N2. The Morgan fingerprint density at radius 1 is 0.643 bits per heavy atom. The minimum absolute atomic E-state index is 0.286. The first kappa shape index (κ1) is 23.4. The van der Waals surface area contributed by atoms with Crippen LogP contribution < -0.4 is 0 Å². The lowest BCUT2D eigenvalue weighted by Gasteiger charge is -2.24. The number of rotatable bonds is 6. The molecule has 2 aromatic rings. The number of hydrogen-bond acceptors (Lipinski definition) is 2. The zero-order chi connectivity index (χ0) is 21.1. The highest BCUT2D eigenvalue weighted by molar-refractivity contribution is 5.27. The molecule has 148 valence electrons. The van der Waals surface area contributed by atoms with Crippen LogP contribution in [-0.2, 0) is 0 Å². The quantitative estimate of drug-likeness (QED) is 0.569. The molecule has 0 saturated heterocycles. The molecule has 2 atom stereocenters. The topological polar surface area (TPSA) is 6.48 Å². The van der Waals surface area contributed by atoms with E-state index < -0.39 is 0 Å². The summed E-state index contributed by atoms with van der Waals surface area (Å²) in [5, 5.41) is 0. The highest BCUT2D eigenvalue weighted by Crippen LogP contribution is 2.25. The van der Waals surface area contributed by atoms with Crippen molar-refractivity contribution in [1.29, 1.82) is 0 Å². The van der Waals surface area contributed by atoms with Crippen LogP contribution >= 0.6 is 0 Å². The molecule has 0 aromatic heterocycles. The minimum Gasteiger partial charge on any atom is -0.298 e. The molecule has 0 amide bonds. The lowest BCUT2D eigenvalue weighted by Crippen LogP contribution is -2.20. The van der Waals surface area contributed by atoms with E-state index in [1.165, 1.54) is 11.1 Å². The summed E-state index contributed by atoms with van der Waals surface area (Å²) in [6.45, 7) is 11.5. The molecule has 0 aliphatic heterocycles. The second kappa shape index (κ2) is 12.0. The molecule has 2 aromatic carbocycles. The van der Waals surface area contributed by atoms with Crippen LogP contribution in [0, 0.1) is 0 Å². The van der Waals surface area contributed by atoms with Gasteiger partial charge in [0.2, 0.25) is 0 Å². The minimum atomic E-state index is 0.286. The van der Waals surface area contributed by atoms with E-state index in [9.17, 15) is 0 Å². The zero-order valence-corrected chi connectivity index (χ0v) is 18.2. The van der Waals surface area contributed by atoms with Gasteiger partial charge in [-0.1, -0.05) is 73.8 Å². The second-order valence-corrected chi connectivity index (χ2v) is 7.27. The van der Waals surface area contributed by atoms with Crippen molar-refractivity contribution in [3.8, 4) is 0 Å². The lowest BCUT2D eigenvalue weighted by atomic mass is 10.00.